The molecule has 97 heavy (non-hydrogen) atoms. The van der Waals surface area contributed by atoms with E-state index in [1.165, 1.54) is 12.1 Å². The highest BCUT2D eigenvalue weighted by atomic mass is 19.4. The summed E-state index contributed by atoms with van der Waals surface area (Å²) in [5.41, 5.74) is 5.97. The van der Waals surface area contributed by atoms with Crippen molar-refractivity contribution in [2.75, 3.05) is 50.5 Å². The Bertz CT molecular complexity index is 3650. The number of benzene rings is 4. The maximum atomic E-state index is 13.8. The standard InChI is InChI=1S/C67H76N6O17.C2HF3O2/c1-41(74)85-58-59(86-42(2)75)61(87-43(3)76)64(89-60(58)63(80)83-7)88-55-26-24-46(36-54(55)71-57(78)28-32-69-65(81)84-40-53-51-22-10-8-20-49(51)50-21-9-11-23-52(50)53)39-72-33-15-17-45(38-72)25-27-56(77)68-31-13-12-16-44-29-34-73(35-30-44)62(79)47-18-14-19-48(37-47)70-66(82)90-67(4,5)6;3-2(4,5)1(6)7/h8-11,14-15,17-27,33,36-38,44,53,58-61,64H,12-13,16,28-32,34-35,39-40H2,1-7H3,(H3-,68,69,70,71,77,78,81,82);(H,6,7)/b27-25+;/t58-,59-,60-,61+,64+;/m0./s1. The minimum atomic E-state index is -5.19. The first-order valence-electron chi connectivity index (χ1n) is 31.1. The molecule has 0 saturated carbocycles. The normalized spacial score (nSPS) is 17.5. The van der Waals surface area contributed by atoms with Gasteiger partial charge in [0.1, 0.15) is 23.9 Å². The van der Waals surface area contributed by atoms with E-state index in [1.807, 2.05) is 82.5 Å². The van der Waals surface area contributed by atoms with Crippen LogP contribution < -0.4 is 35.7 Å². The van der Waals surface area contributed by atoms with Crippen LogP contribution in [0.5, 0.6) is 5.75 Å². The number of carbonyl (C=O) groups is 10. The number of anilines is 2. The van der Waals surface area contributed by atoms with Crippen LogP contribution in [0.2, 0.25) is 0 Å². The van der Waals surface area contributed by atoms with Crippen LogP contribution in [0.1, 0.15) is 119 Å². The highest BCUT2D eigenvalue weighted by molar-refractivity contribution is 5.97. The number of unbranched alkanes of at least 4 members (excludes halogenated alkanes) is 1. The van der Waals surface area contributed by atoms with E-state index in [0.29, 0.717) is 47.9 Å². The zero-order chi connectivity index (χ0) is 70.6. The number of pyridine rings is 1. The molecule has 0 spiro atoms. The van der Waals surface area contributed by atoms with Crippen LogP contribution >= 0.6 is 0 Å². The number of likely N-dealkylation sites (tertiary alicyclic amines) is 1. The van der Waals surface area contributed by atoms with Crippen LogP contribution in [-0.4, -0.2) is 147 Å². The molecule has 0 unspecified atom stereocenters. The van der Waals surface area contributed by atoms with Crippen LogP contribution in [-0.2, 0) is 73.3 Å². The third-order valence-corrected chi connectivity index (χ3v) is 15.3. The molecule has 1 aromatic heterocycles. The fraction of sp³-hybridized carbons (Fsp3) is 0.406. The molecule has 4 aromatic carbocycles. The van der Waals surface area contributed by atoms with Gasteiger partial charge in [-0.1, -0.05) is 67.4 Å². The van der Waals surface area contributed by atoms with Gasteiger partial charge in [0.15, 0.2) is 37.3 Å². The second-order valence-electron chi connectivity index (χ2n) is 23.8. The minimum Gasteiger partial charge on any atom is -0.542 e. The Morgan fingerprint density at radius 2 is 1.36 bits per heavy atom. The van der Waals surface area contributed by atoms with E-state index in [2.05, 4.69) is 21.3 Å². The number of carboxylic acid groups (broad SMARTS) is 1. The van der Waals surface area contributed by atoms with Gasteiger partial charge < -0.3 is 68.6 Å². The lowest BCUT2D eigenvalue weighted by Gasteiger charge is -2.43. The largest absolute Gasteiger partial charge is 0.542 e. The number of esters is 4. The highest BCUT2D eigenvalue weighted by Gasteiger charge is 2.56. The predicted octanol–water partition coefficient (Wildman–Crippen LogP) is 7.46. The number of methoxy groups -OCH3 is 1. The number of nitrogens with zero attached hydrogens (tertiary/aromatic N) is 2. The van der Waals surface area contributed by atoms with E-state index in [1.54, 1.807) is 63.2 Å². The first-order valence-corrected chi connectivity index (χ1v) is 31.1. The molecule has 518 valence electrons. The number of hydrogen-bond acceptors (Lipinski definition) is 19. The van der Waals surface area contributed by atoms with Crippen molar-refractivity contribution in [2.24, 2.45) is 5.92 Å². The lowest BCUT2D eigenvalue weighted by atomic mass is 9.91. The van der Waals surface area contributed by atoms with Crippen molar-refractivity contribution in [3.63, 3.8) is 0 Å². The molecular formula is C69H77F3N6O19. The summed E-state index contributed by atoms with van der Waals surface area (Å²) in [4.78, 5) is 127. The van der Waals surface area contributed by atoms with E-state index < -0.39 is 90.4 Å². The first-order chi connectivity index (χ1) is 46.0. The van der Waals surface area contributed by atoms with Crippen LogP contribution in [0.3, 0.4) is 0 Å². The number of alkyl halides is 3. The lowest BCUT2D eigenvalue weighted by molar-refractivity contribution is -0.688. The molecule has 4 N–H and O–H groups in total. The van der Waals surface area contributed by atoms with Crippen LogP contribution in [0, 0.1) is 5.92 Å². The molecule has 8 rings (SSSR count). The number of ether oxygens (including phenoxy) is 8. The van der Waals surface area contributed by atoms with E-state index in [0.717, 1.165) is 82.2 Å². The van der Waals surface area contributed by atoms with Gasteiger partial charge in [0.2, 0.25) is 24.2 Å². The summed E-state index contributed by atoms with van der Waals surface area (Å²) in [6.45, 7) is 10.5. The van der Waals surface area contributed by atoms with Gasteiger partial charge in [0.25, 0.3) is 5.91 Å². The number of halogens is 3. The summed E-state index contributed by atoms with van der Waals surface area (Å²) in [6, 6.07) is 31.1. The monoisotopic (exact) mass is 1350 g/mol. The number of carboxylic acids is 1. The van der Waals surface area contributed by atoms with E-state index in [9.17, 15) is 56.3 Å². The Morgan fingerprint density at radius 3 is 1.99 bits per heavy atom. The maximum absolute atomic E-state index is 13.8. The number of alkyl carbamates (subject to hydrolysis) is 1. The SMILES string of the molecule is COC(=O)[C@H]1O[C@@H](Oc2ccc(C[n+]3cccc(/C=C/C(=O)NCCCCC4CCN(C(=O)c5cccc(NC(=O)OC(C)(C)C)c5)CC4)c3)cc2NC(=O)CCNC(=O)OCC2c3ccccc3-c3ccccc32)[C@H](OC(C)=O)[C@@H](OC(C)=O)[C@@H]1OC(C)=O.O=C([O-])C(F)(F)F. The zero-order valence-electron chi connectivity index (χ0n) is 54.4. The number of rotatable bonds is 23. The van der Waals surface area contributed by atoms with Crippen molar-refractivity contribution in [2.45, 2.75) is 135 Å². The molecule has 5 aromatic rings. The predicted molar refractivity (Wildman–Crippen MR) is 338 cm³/mol. The number of aliphatic carboxylic acids is 1. The average molecular weight is 1350 g/mol. The van der Waals surface area contributed by atoms with Crippen LogP contribution in [0.4, 0.5) is 34.1 Å². The Morgan fingerprint density at radius 1 is 0.722 bits per heavy atom. The summed E-state index contributed by atoms with van der Waals surface area (Å²) in [5.74, 6) is -7.39. The molecule has 3 heterocycles. The number of fused-ring (bicyclic) bond motifs is 3. The number of hydrogen-bond donors (Lipinski definition) is 4. The van der Waals surface area contributed by atoms with Crippen LogP contribution in [0.15, 0.2) is 122 Å². The summed E-state index contributed by atoms with van der Waals surface area (Å²) in [6.07, 6.45) is -4.00. The van der Waals surface area contributed by atoms with E-state index >= 15 is 0 Å². The van der Waals surface area contributed by atoms with Gasteiger partial charge in [-0.3, -0.25) is 34.1 Å². The fourth-order valence-corrected chi connectivity index (χ4v) is 11.0. The van der Waals surface area contributed by atoms with Crippen molar-refractivity contribution in [1.29, 1.82) is 0 Å². The van der Waals surface area contributed by atoms with E-state index in [-0.39, 0.29) is 55.3 Å². The third-order valence-electron chi connectivity index (χ3n) is 15.3. The summed E-state index contributed by atoms with van der Waals surface area (Å²) in [5, 5.41) is 19.9. The Hall–Kier alpha value is -10.4. The quantitative estimate of drug-likeness (QED) is 0.0162. The van der Waals surface area contributed by atoms with Crippen molar-refractivity contribution in [3.05, 3.63) is 149 Å². The molecule has 25 nitrogen and oxygen atoms in total. The second-order valence-corrected chi connectivity index (χ2v) is 23.8. The molecule has 5 atom stereocenters. The van der Waals surface area contributed by atoms with Gasteiger partial charge in [-0.05, 0) is 117 Å². The Kier molecular flexibility index (Phi) is 26.2. The van der Waals surface area contributed by atoms with Gasteiger partial charge in [-0.15, -0.1) is 0 Å². The lowest BCUT2D eigenvalue weighted by Crippen LogP contribution is -2.64. The zero-order valence-corrected chi connectivity index (χ0v) is 54.4. The minimum absolute atomic E-state index is 0.0621. The average Bonchev–Trinajstić information content (AvgIpc) is 1.70. The highest BCUT2D eigenvalue weighted by Crippen LogP contribution is 2.44. The van der Waals surface area contributed by atoms with Gasteiger partial charge >= 0.3 is 42.2 Å². The molecule has 0 radical (unpaired) electrons. The topological polar surface area (TPSA) is 323 Å². The van der Waals surface area contributed by atoms with Crippen molar-refractivity contribution < 1.29 is 109 Å². The first kappa shape index (κ1) is 74.0. The number of nitrogens with one attached hydrogen (secondary N) is 4. The second kappa shape index (κ2) is 34.3. The van der Waals surface area contributed by atoms with Gasteiger partial charge in [-0.2, -0.15) is 13.2 Å². The summed E-state index contributed by atoms with van der Waals surface area (Å²) >= 11 is 0. The number of aromatic nitrogens is 1. The molecular weight excluding hydrogens is 1270 g/mol. The molecule has 0 bridgehead atoms. The van der Waals surface area contributed by atoms with Crippen molar-refractivity contribution >= 4 is 77.2 Å². The molecule has 2 saturated heterocycles. The number of piperidine rings is 1. The molecule has 5 amide bonds. The van der Waals surface area contributed by atoms with Gasteiger partial charge in [-0.25, -0.2) is 19.0 Å². The van der Waals surface area contributed by atoms with Crippen molar-refractivity contribution in [3.8, 4) is 16.9 Å². The van der Waals surface area contributed by atoms with Gasteiger partial charge in [0.05, 0.1) is 12.8 Å². The smallest absolute Gasteiger partial charge is 0.430 e. The summed E-state index contributed by atoms with van der Waals surface area (Å²) < 4.78 is 78.2. The number of carbonyl (C=O) groups excluding carboxylic acids is 10. The Balaban J connectivity index is 0.00000179. The van der Waals surface area contributed by atoms with E-state index in [4.69, 9.17) is 47.8 Å². The Labute approximate surface area is 557 Å². The maximum Gasteiger partial charge on any atom is 0.430 e. The van der Waals surface area contributed by atoms with Gasteiger partial charge in [0, 0.05) is 93.8 Å². The molecule has 28 heteroatoms. The molecule has 2 fully saturated rings. The van der Waals surface area contributed by atoms with Crippen molar-refractivity contribution in [1.82, 2.24) is 15.5 Å². The molecule has 2 aliphatic heterocycles. The van der Waals surface area contributed by atoms with Crippen LogP contribution in [0.25, 0.3) is 17.2 Å². The number of amides is 5. The fourth-order valence-electron chi connectivity index (χ4n) is 11.0. The summed E-state index contributed by atoms with van der Waals surface area (Å²) in [7, 11) is 1.06. The third kappa shape index (κ3) is 22.4. The molecule has 3 aliphatic rings. The molecule has 1 aliphatic carbocycles.